The summed E-state index contributed by atoms with van der Waals surface area (Å²) in [6, 6.07) is 7.47. The Hall–Kier alpha value is -4.27. The Balaban J connectivity index is 1.80. The van der Waals surface area contributed by atoms with Crippen LogP contribution in [0.1, 0.15) is 12.5 Å². The lowest BCUT2D eigenvalue weighted by molar-refractivity contribution is 0.271. The van der Waals surface area contributed by atoms with Gasteiger partial charge in [0.2, 0.25) is 5.88 Å². The number of ether oxygens (including phenoxy) is 2. The third-order valence-electron chi connectivity index (χ3n) is 4.57. The lowest BCUT2D eigenvalue weighted by Crippen LogP contribution is -2.26. The number of aromatic nitrogens is 2. The first-order chi connectivity index (χ1) is 15.7. The van der Waals surface area contributed by atoms with E-state index in [0.717, 1.165) is 16.9 Å². The molecule has 3 heterocycles. The van der Waals surface area contributed by atoms with Gasteiger partial charge in [-0.2, -0.15) is 0 Å². The molecule has 0 saturated heterocycles. The van der Waals surface area contributed by atoms with Crippen LogP contribution in [0.2, 0.25) is 0 Å². The van der Waals surface area contributed by atoms with E-state index in [1.54, 1.807) is 38.0 Å². The van der Waals surface area contributed by atoms with Crippen LogP contribution in [0.5, 0.6) is 5.88 Å². The number of nitrogens with one attached hydrogen (secondary N) is 1. The van der Waals surface area contributed by atoms with Crippen LogP contribution in [-0.2, 0) is 4.74 Å². The van der Waals surface area contributed by atoms with Crippen molar-refractivity contribution in [3.05, 3.63) is 77.8 Å². The van der Waals surface area contributed by atoms with Gasteiger partial charge in [-0.3, -0.25) is 20.0 Å². The van der Waals surface area contributed by atoms with E-state index in [2.05, 4.69) is 43.7 Å². The van der Waals surface area contributed by atoms with Crippen molar-refractivity contribution in [3.63, 3.8) is 0 Å². The van der Waals surface area contributed by atoms with Crippen molar-refractivity contribution >= 4 is 31.0 Å². The van der Waals surface area contributed by atoms with Gasteiger partial charge in [0.25, 0.3) is 0 Å². The SMILES string of the molecule is C=NC(=C\OCNc1ccc(OC)nc1)/C(=C(\C)N=C)N1CN=CC=C1c1cccnc1. The number of methoxy groups -OCH3 is 1. The lowest BCUT2D eigenvalue weighted by Gasteiger charge is -2.30. The summed E-state index contributed by atoms with van der Waals surface area (Å²) in [5.41, 5.74) is 4.48. The Morgan fingerprint density at radius 1 is 1.25 bits per heavy atom. The number of hydrogen-bond acceptors (Lipinski definition) is 9. The van der Waals surface area contributed by atoms with Crippen LogP contribution in [0.25, 0.3) is 5.70 Å². The second-order valence-electron chi connectivity index (χ2n) is 6.53. The van der Waals surface area contributed by atoms with Crippen LogP contribution in [0.15, 0.2) is 87.3 Å². The topological polar surface area (TPSA) is 96.6 Å². The quantitative estimate of drug-likeness (QED) is 0.202. The molecule has 0 aliphatic carbocycles. The average molecular weight is 432 g/mol. The van der Waals surface area contributed by atoms with Gasteiger partial charge in [-0.15, -0.1) is 0 Å². The van der Waals surface area contributed by atoms with Gasteiger partial charge < -0.3 is 19.7 Å². The smallest absolute Gasteiger partial charge is 0.213 e. The molecule has 0 saturated carbocycles. The molecule has 1 N–H and O–H groups in total. The maximum atomic E-state index is 5.70. The highest BCUT2D eigenvalue weighted by atomic mass is 16.5. The average Bonchev–Trinajstić information content (AvgIpc) is 2.86. The molecule has 0 atom stereocenters. The monoisotopic (exact) mass is 431 g/mol. The van der Waals surface area contributed by atoms with Gasteiger partial charge in [0.1, 0.15) is 18.6 Å². The zero-order valence-corrected chi connectivity index (χ0v) is 18.1. The van der Waals surface area contributed by atoms with Gasteiger partial charge in [-0.1, -0.05) is 0 Å². The van der Waals surface area contributed by atoms with Gasteiger partial charge in [0, 0.05) is 30.2 Å². The first-order valence-electron chi connectivity index (χ1n) is 9.76. The molecule has 0 spiro atoms. The summed E-state index contributed by atoms with van der Waals surface area (Å²) in [6.45, 7) is 9.82. The number of allylic oxidation sites excluding steroid dienone is 2. The molecular weight excluding hydrogens is 406 g/mol. The highest BCUT2D eigenvalue weighted by Crippen LogP contribution is 2.31. The van der Waals surface area contributed by atoms with E-state index >= 15 is 0 Å². The van der Waals surface area contributed by atoms with E-state index in [1.165, 1.54) is 6.26 Å². The Kier molecular flexibility index (Phi) is 7.85. The van der Waals surface area contributed by atoms with Crippen molar-refractivity contribution in [2.45, 2.75) is 6.92 Å². The van der Waals surface area contributed by atoms with Crippen LogP contribution in [-0.4, -0.2) is 55.0 Å². The molecule has 1 aliphatic rings. The summed E-state index contributed by atoms with van der Waals surface area (Å²) in [5.74, 6) is 0.540. The minimum Gasteiger partial charge on any atom is -0.481 e. The molecule has 0 fully saturated rings. The van der Waals surface area contributed by atoms with Crippen LogP contribution in [0.3, 0.4) is 0 Å². The summed E-state index contributed by atoms with van der Waals surface area (Å²) in [5, 5.41) is 3.12. The zero-order chi connectivity index (χ0) is 22.8. The predicted molar refractivity (Wildman–Crippen MR) is 128 cm³/mol. The third kappa shape index (κ3) is 5.45. The Bertz CT molecular complexity index is 1060. The Morgan fingerprint density at radius 2 is 2.12 bits per heavy atom. The molecule has 32 heavy (non-hydrogen) atoms. The molecule has 1 aliphatic heterocycles. The lowest BCUT2D eigenvalue weighted by atomic mass is 10.1. The van der Waals surface area contributed by atoms with E-state index in [0.29, 0.717) is 29.6 Å². The van der Waals surface area contributed by atoms with Crippen LogP contribution < -0.4 is 10.1 Å². The van der Waals surface area contributed by atoms with Gasteiger partial charge >= 0.3 is 0 Å². The zero-order valence-electron chi connectivity index (χ0n) is 18.1. The fourth-order valence-electron chi connectivity index (χ4n) is 2.99. The summed E-state index contributed by atoms with van der Waals surface area (Å²) in [7, 11) is 1.57. The molecule has 3 rings (SSSR count). The molecule has 0 unspecified atom stereocenters. The van der Waals surface area contributed by atoms with E-state index in [-0.39, 0.29) is 6.73 Å². The maximum absolute atomic E-state index is 5.70. The van der Waals surface area contributed by atoms with Crippen LogP contribution in [0.4, 0.5) is 5.69 Å². The van der Waals surface area contributed by atoms with Gasteiger partial charge in [0.15, 0.2) is 6.73 Å². The second kappa shape index (κ2) is 11.2. The molecule has 0 bridgehead atoms. The second-order valence-corrected chi connectivity index (χ2v) is 6.53. The standard InChI is InChI=1S/C23H25N7O2/c1-17(24-2)23(30-15-27-11-9-21(30)18-6-5-10-26-12-18)20(25-3)14-32-16-29-19-7-8-22(31-4)28-13-19/h5-14,29H,2-3,15-16H2,1,4H3/b20-14-,23-17-. The summed E-state index contributed by atoms with van der Waals surface area (Å²) in [6.07, 6.45) is 10.4. The first-order valence-corrected chi connectivity index (χ1v) is 9.76. The van der Waals surface area contributed by atoms with Gasteiger partial charge in [-0.25, -0.2) is 4.98 Å². The number of nitrogens with zero attached hydrogens (tertiary/aromatic N) is 6. The number of pyridine rings is 2. The maximum Gasteiger partial charge on any atom is 0.213 e. The Morgan fingerprint density at radius 3 is 2.78 bits per heavy atom. The van der Waals surface area contributed by atoms with E-state index < -0.39 is 0 Å². The molecule has 9 nitrogen and oxygen atoms in total. The van der Waals surface area contributed by atoms with Crippen molar-refractivity contribution in [1.29, 1.82) is 0 Å². The molecule has 0 aromatic carbocycles. The minimum atomic E-state index is 0.199. The number of hydrogen-bond donors (Lipinski definition) is 1. The Labute approximate surface area is 187 Å². The largest absolute Gasteiger partial charge is 0.481 e. The van der Waals surface area contributed by atoms with E-state index in [4.69, 9.17) is 9.47 Å². The molecule has 0 amide bonds. The summed E-state index contributed by atoms with van der Waals surface area (Å²) in [4.78, 5) is 23.0. The summed E-state index contributed by atoms with van der Waals surface area (Å²) >= 11 is 0. The summed E-state index contributed by atoms with van der Waals surface area (Å²) < 4.78 is 10.8. The van der Waals surface area contributed by atoms with Crippen molar-refractivity contribution < 1.29 is 9.47 Å². The predicted octanol–water partition coefficient (Wildman–Crippen LogP) is 3.73. The number of aliphatic imine (C=N–C) groups is 3. The molecule has 2 aromatic heterocycles. The van der Waals surface area contributed by atoms with Gasteiger partial charge in [0.05, 0.1) is 36.1 Å². The molecule has 164 valence electrons. The van der Waals surface area contributed by atoms with Crippen LogP contribution in [0, 0.1) is 0 Å². The normalized spacial score (nSPS) is 14.2. The first kappa shape index (κ1) is 22.4. The number of anilines is 1. The minimum absolute atomic E-state index is 0.199. The van der Waals surface area contributed by atoms with Crippen LogP contribution >= 0.6 is 0 Å². The fraction of sp³-hybridized carbons (Fsp3) is 0.174. The fourth-order valence-corrected chi connectivity index (χ4v) is 2.99. The molecule has 2 aromatic rings. The van der Waals surface area contributed by atoms with Crippen molar-refractivity contribution in [1.82, 2.24) is 14.9 Å². The highest BCUT2D eigenvalue weighted by molar-refractivity contribution is 5.86. The number of rotatable bonds is 10. The molecule has 0 radical (unpaired) electrons. The van der Waals surface area contributed by atoms with E-state index in [1.807, 2.05) is 36.1 Å². The van der Waals surface area contributed by atoms with Crippen molar-refractivity contribution in [3.8, 4) is 5.88 Å². The van der Waals surface area contributed by atoms with Crippen molar-refractivity contribution in [2.24, 2.45) is 15.0 Å². The van der Waals surface area contributed by atoms with Gasteiger partial charge in [-0.05, 0) is 44.6 Å². The highest BCUT2D eigenvalue weighted by Gasteiger charge is 2.23. The third-order valence-corrected chi connectivity index (χ3v) is 4.57. The molecule has 9 heteroatoms. The van der Waals surface area contributed by atoms with E-state index in [9.17, 15) is 0 Å². The molecular formula is C23H25N7O2. The van der Waals surface area contributed by atoms with Crippen molar-refractivity contribution in [2.75, 3.05) is 25.8 Å².